The molecular formula is C9H14F2N4. The minimum Gasteiger partial charge on any atom is -0.384 e. The molecule has 0 amide bonds. The molecule has 0 spiro atoms. The Labute approximate surface area is 87.1 Å². The molecular weight excluding hydrogens is 202 g/mol. The van der Waals surface area contributed by atoms with Gasteiger partial charge in [0, 0.05) is 19.5 Å². The minimum absolute atomic E-state index is 0.304. The molecule has 1 aromatic heterocycles. The van der Waals surface area contributed by atoms with Gasteiger partial charge in [-0.05, 0) is 0 Å². The molecule has 1 aromatic rings. The van der Waals surface area contributed by atoms with Gasteiger partial charge < -0.3 is 10.6 Å². The maximum absolute atomic E-state index is 12.1. The van der Waals surface area contributed by atoms with Gasteiger partial charge in [-0.2, -0.15) is 0 Å². The van der Waals surface area contributed by atoms with Crippen molar-refractivity contribution in [2.45, 2.75) is 19.8 Å². The molecule has 2 N–H and O–H groups in total. The SMILES string of the molecule is CCc1nc(N)cc(N(C)CC(F)F)n1. The molecule has 15 heavy (non-hydrogen) atoms. The number of hydrogen-bond donors (Lipinski definition) is 1. The zero-order valence-corrected chi connectivity index (χ0v) is 8.74. The second-order valence-corrected chi connectivity index (χ2v) is 3.19. The van der Waals surface area contributed by atoms with Crippen molar-refractivity contribution in [3.8, 4) is 0 Å². The molecule has 84 valence electrons. The topological polar surface area (TPSA) is 55.0 Å². The van der Waals surface area contributed by atoms with E-state index < -0.39 is 6.43 Å². The van der Waals surface area contributed by atoms with Gasteiger partial charge in [-0.3, -0.25) is 0 Å². The van der Waals surface area contributed by atoms with Crippen LogP contribution in [0.15, 0.2) is 6.07 Å². The van der Waals surface area contributed by atoms with Gasteiger partial charge in [0.15, 0.2) is 0 Å². The average molecular weight is 216 g/mol. The smallest absolute Gasteiger partial charge is 0.255 e. The third kappa shape index (κ3) is 3.30. The van der Waals surface area contributed by atoms with E-state index >= 15 is 0 Å². The summed E-state index contributed by atoms with van der Waals surface area (Å²) < 4.78 is 24.3. The highest BCUT2D eigenvalue weighted by Crippen LogP contribution is 2.13. The van der Waals surface area contributed by atoms with Crippen molar-refractivity contribution < 1.29 is 8.78 Å². The van der Waals surface area contributed by atoms with Crippen LogP contribution in [0.4, 0.5) is 20.4 Å². The van der Waals surface area contributed by atoms with Crippen molar-refractivity contribution in [3.05, 3.63) is 11.9 Å². The summed E-state index contributed by atoms with van der Waals surface area (Å²) in [5, 5.41) is 0. The van der Waals surface area contributed by atoms with Gasteiger partial charge >= 0.3 is 0 Å². The summed E-state index contributed by atoms with van der Waals surface area (Å²) in [6.45, 7) is 1.52. The van der Waals surface area contributed by atoms with Crippen LogP contribution in [0, 0.1) is 0 Å². The highest BCUT2D eigenvalue weighted by molar-refractivity contribution is 5.46. The Morgan fingerprint density at radius 1 is 1.47 bits per heavy atom. The van der Waals surface area contributed by atoms with Crippen molar-refractivity contribution >= 4 is 11.6 Å². The Morgan fingerprint density at radius 3 is 2.67 bits per heavy atom. The highest BCUT2D eigenvalue weighted by Gasteiger charge is 2.11. The van der Waals surface area contributed by atoms with Crippen LogP contribution >= 0.6 is 0 Å². The molecule has 1 rings (SSSR count). The van der Waals surface area contributed by atoms with Crippen LogP contribution in [0.2, 0.25) is 0 Å². The summed E-state index contributed by atoms with van der Waals surface area (Å²) in [7, 11) is 1.55. The molecule has 6 heteroatoms. The van der Waals surface area contributed by atoms with Gasteiger partial charge in [0.05, 0.1) is 6.54 Å². The average Bonchev–Trinajstić information content (AvgIpc) is 2.15. The van der Waals surface area contributed by atoms with Gasteiger partial charge in [0.2, 0.25) is 0 Å². The van der Waals surface area contributed by atoms with Crippen LogP contribution in [-0.4, -0.2) is 30.0 Å². The van der Waals surface area contributed by atoms with E-state index in [1.54, 1.807) is 7.05 Å². The fourth-order valence-corrected chi connectivity index (χ4v) is 1.16. The number of rotatable bonds is 4. The number of alkyl halides is 2. The zero-order chi connectivity index (χ0) is 11.4. The number of hydrogen-bond acceptors (Lipinski definition) is 4. The zero-order valence-electron chi connectivity index (χ0n) is 8.74. The second kappa shape index (κ2) is 4.86. The van der Waals surface area contributed by atoms with E-state index in [0.29, 0.717) is 23.9 Å². The van der Waals surface area contributed by atoms with Crippen LogP contribution in [0.3, 0.4) is 0 Å². The molecule has 0 aromatic carbocycles. The summed E-state index contributed by atoms with van der Waals surface area (Å²) in [5.74, 6) is 1.30. The number of halogens is 2. The first-order valence-electron chi connectivity index (χ1n) is 4.65. The number of nitrogen functional groups attached to an aromatic ring is 1. The summed E-state index contributed by atoms with van der Waals surface area (Å²) in [5.41, 5.74) is 5.54. The van der Waals surface area contributed by atoms with E-state index in [1.807, 2.05) is 6.92 Å². The highest BCUT2D eigenvalue weighted by atomic mass is 19.3. The number of anilines is 2. The van der Waals surface area contributed by atoms with Crippen molar-refractivity contribution in [2.75, 3.05) is 24.2 Å². The molecule has 0 atom stereocenters. The van der Waals surface area contributed by atoms with Crippen LogP contribution in [0.1, 0.15) is 12.7 Å². The molecule has 1 heterocycles. The van der Waals surface area contributed by atoms with Crippen LogP contribution in [0.5, 0.6) is 0 Å². The molecule has 0 saturated carbocycles. The van der Waals surface area contributed by atoms with Crippen LogP contribution in [0.25, 0.3) is 0 Å². The Balaban J connectivity index is 2.88. The van der Waals surface area contributed by atoms with Crippen molar-refractivity contribution in [2.24, 2.45) is 0 Å². The molecule has 0 saturated heterocycles. The van der Waals surface area contributed by atoms with Crippen LogP contribution < -0.4 is 10.6 Å². The van der Waals surface area contributed by atoms with Crippen molar-refractivity contribution in [3.63, 3.8) is 0 Å². The van der Waals surface area contributed by atoms with E-state index in [-0.39, 0.29) is 6.54 Å². The molecule has 0 bridgehead atoms. The minimum atomic E-state index is -2.39. The van der Waals surface area contributed by atoms with Gasteiger partial charge in [0.25, 0.3) is 6.43 Å². The van der Waals surface area contributed by atoms with E-state index in [9.17, 15) is 8.78 Å². The number of aromatic nitrogens is 2. The fourth-order valence-electron chi connectivity index (χ4n) is 1.16. The van der Waals surface area contributed by atoms with E-state index in [2.05, 4.69) is 9.97 Å². The maximum Gasteiger partial charge on any atom is 0.255 e. The predicted molar refractivity (Wildman–Crippen MR) is 55.1 cm³/mol. The molecule has 0 radical (unpaired) electrons. The first-order valence-corrected chi connectivity index (χ1v) is 4.65. The molecule has 0 aliphatic heterocycles. The maximum atomic E-state index is 12.1. The quantitative estimate of drug-likeness (QED) is 0.824. The lowest BCUT2D eigenvalue weighted by Crippen LogP contribution is -2.25. The summed E-state index contributed by atoms with van der Waals surface area (Å²) >= 11 is 0. The Hall–Kier alpha value is -1.46. The first-order chi connectivity index (χ1) is 7.02. The lowest BCUT2D eigenvalue weighted by Gasteiger charge is -2.18. The molecule has 0 fully saturated rings. The fraction of sp³-hybridized carbons (Fsp3) is 0.556. The molecule has 4 nitrogen and oxygen atoms in total. The molecule has 0 aliphatic rings. The van der Waals surface area contributed by atoms with Crippen molar-refractivity contribution in [1.29, 1.82) is 0 Å². The van der Waals surface area contributed by atoms with Gasteiger partial charge in [-0.15, -0.1) is 0 Å². The Bertz CT molecular complexity index is 330. The second-order valence-electron chi connectivity index (χ2n) is 3.19. The largest absolute Gasteiger partial charge is 0.384 e. The van der Waals surface area contributed by atoms with E-state index in [0.717, 1.165) is 0 Å². The van der Waals surface area contributed by atoms with E-state index in [1.165, 1.54) is 11.0 Å². The van der Waals surface area contributed by atoms with Crippen LogP contribution in [-0.2, 0) is 6.42 Å². The number of nitrogens with zero attached hydrogens (tertiary/aromatic N) is 3. The monoisotopic (exact) mass is 216 g/mol. The van der Waals surface area contributed by atoms with Gasteiger partial charge in [0.1, 0.15) is 17.5 Å². The standard InChI is InChI=1S/C9H14F2N4/c1-3-8-13-7(12)4-9(14-8)15(2)5-6(10)11/h4,6H,3,5H2,1-2H3,(H2,12,13,14). The lowest BCUT2D eigenvalue weighted by molar-refractivity contribution is 0.156. The predicted octanol–water partition coefficient (Wildman–Crippen LogP) is 1.32. The molecule has 0 unspecified atom stereocenters. The number of aryl methyl sites for hydroxylation is 1. The van der Waals surface area contributed by atoms with E-state index in [4.69, 9.17) is 5.73 Å². The summed E-state index contributed by atoms with van der Waals surface area (Å²) in [6, 6.07) is 1.49. The third-order valence-electron chi connectivity index (χ3n) is 1.90. The first kappa shape index (κ1) is 11.6. The summed E-state index contributed by atoms with van der Waals surface area (Å²) in [6.07, 6.45) is -1.77. The third-order valence-corrected chi connectivity index (χ3v) is 1.90. The number of nitrogens with two attached hydrogens (primary N) is 1. The van der Waals surface area contributed by atoms with Gasteiger partial charge in [-0.1, -0.05) is 6.92 Å². The van der Waals surface area contributed by atoms with Crippen molar-refractivity contribution in [1.82, 2.24) is 9.97 Å². The Kier molecular flexibility index (Phi) is 3.76. The molecule has 0 aliphatic carbocycles. The lowest BCUT2D eigenvalue weighted by atomic mass is 10.4. The Morgan fingerprint density at radius 2 is 2.13 bits per heavy atom. The normalized spacial score (nSPS) is 10.7. The summed E-state index contributed by atoms with van der Waals surface area (Å²) in [4.78, 5) is 9.44. The van der Waals surface area contributed by atoms with Gasteiger partial charge in [-0.25, -0.2) is 18.7 Å².